The molecule has 0 heterocycles. The molecule has 0 bridgehead atoms. The molecule has 1 N–H and O–H groups in total. The maximum Gasteiger partial charge on any atom is 0.321 e. The molecule has 0 unspecified atom stereocenters. The molecule has 2 aromatic rings. The molecular formula is C19H25N3O4S. The van der Waals surface area contributed by atoms with Crippen LogP contribution in [0.4, 0.5) is 10.5 Å². The van der Waals surface area contributed by atoms with Crippen molar-refractivity contribution in [1.82, 2.24) is 9.21 Å². The molecule has 27 heavy (non-hydrogen) atoms. The zero-order chi connectivity index (χ0) is 20.0. The molecule has 0 aliphatic rings. The molecule has 0 aliphatic carbocycles. The van der Waals surface area contributed by atoms with Crippen molar-refractivity contribution < 1.29 is 17.9 Å². The third-order valence-corrected chi connectivity index (χ3v) is 5.80. The number of nitrogens with one attached hydrogen (secondary N) is 1. The molecular weight excluding hydrogens is 366 g/mol. The van der Waals surface area contributed by atoms with E-state index < -0.39 is 10.0 Å². The first-order chi connectivity index (χ1) is 12.7. The van der Waals surface area contributed by atoms with Gasteiger partial charge in [0.1, 0.15) is 12.4 Å². The Bertz CT molecular complexity index is 897. The van der Waals surface area contributed by atoms with E-state index in [0.29, 0.717) is 18.8 Å². The average molecular weight is 391 g/mol. The standard InChI is InChI=1S/C19H25N3O4S/c1-15-8-5-6-11-18(15)26-13-12-22(4)19(23)20-16-9-7-10-17(14-16)27(24,25)21(2)3/h5-11,14H,12-13H2,1-4H3,(H,20,23). The number of urea groups is 1. The molecule has 146 valence electrons. The fraction of sp³-hybridized carbons (Fsp3) is 0.316. The van der Waals surface area contributed by atoms with Gasteiger partial charge in [0.05, 0.1) is 11.4 Å². The van der Waals surface area contributed by atoms with E-state index in [1.807, 2.05) is 31.2 Å². The number of hydrogen-bond donors (Lipinski definition) is 1. The van der Waals surface area contributed by atoms with E-state index in [1.54, 1.807) is 19.2 Å². The number of rotatable bonds is 7. The molecule has 0 fully saturated rings. The van der Waals surface area contributed by atoms with Gasteiger partial charge in [-0.15, -0.1) is 0 Å². The Morgan fingerprint density at radius 3 is 2.44 bits per heavy atom. The molecule has 7 nitrogen and oxygen atoms in total. The van der Waals surface area contributed by atoms with E-state index in [4.69, 9.17) is 4.74 Å². The highest BCUT2D eigenvalue weighted by atomic mass is 32.2. The van der Waals surface area contributed by atoms with Crippen LogP contribution in [0.1, 0.15) is 5.56 Å². The van der Waals surface area contributed by atoms with Crippen LogP contribution in [0, 0.1) is 6.92 Å². The molecule has 2 aromatic carbocycles. The quantitative estimate of drug-likeness (QED) is 0.787. The number of benzene rings is 2. The second kappa shape index (κ2) is 8.88. The number of carbonyl (C=O) groups is 1. The normalized spacial score (nSPS) is 11.3. The van der Waals surface area contributed by atoms with Crippen molar-refractivity contribution in [3.63, 3.8) is 0 Å². The third kappa shape index (κ3) is 5.45. The van der Waals surface area contributed by atoms with Crippen LogP contribution in [0.2, 0.25) is 0 Å². The molecule has 0 atom stereocenters. The molecule has 0 spiro atoms. The monoisotopic (exact) mass is 391 g/mol. The molecule has 2 amide bonds. The molecule has 2 rings (SSSR count). The Morgan fingerprint density at radius 2 is 1.78 bits per heavy atom. The first-order valence-electron chi connectivity index (χ1n) is 8.45. The van der Waals surface area contributed by atoms with Gasteiger partial charge in [0.2, 0.25) is 10.0 Å². The second-order valence-corrected chi connectivity index (χ2v) is 8.43. The lowest BCUT2D eigenvalue weighted by atomic mass is 10.2. The van der Waals surface area contributed by atoms with E-state index in [0.717, 1.165) is 15.6 Å². The summed E-state index contributed by atoms with van der Waals surface area (Å²) in [5, 5.41) is 2.70. The van der Waals surface area contributed by atoms with E-state index in [1.165, 1.54) is 31.1 Å². The van der Waals surface area contributed by atoms with Crippen molar-refractivity contribution in [3.8, 4) is 5.75 Å². The summed E-state index contributed by atoms with van der Waals surface area (Å²) in [6.07, 6.45) is 0. The van der Waals surface area contributed by atoms with Gasteiger partial charge in [-0.2, -0.15) is 0 Å². The van der Waals surface area contributed by atoms with Gasteiger partial charge < -0.3 is 15.0 Å². The van der Waals surface area contributed by atoms with Gasteiger partial charge in [-0.1, -0.05) is 24.3 Å². The summed E-state index contributed by atoms with van der Waals surface area (Å²) in [5.74, 6) is 0.785. The van der Waals surface area contributed by atoms with Gasteiger partial charge in [-0.3, -0.25) is 0 Å². The summed E-state index contributed by atoms with van der Waals surface area (Å²) >= 11 is 0. The summed E-state index contributed by atoms with van der Waals surface area (Å²) in [6, 6.07) is 13.5. The molecule has 8 heteroatoms. The Kier molecular flexibility index (Phi) is 6.81. The lowest BCUT2D eigenvalue weighted by molar-refractivity contribution is 0.207. The molecule has 0 aromatic heterocycles. The van der Waals surface area contributed by atoms with Gasteiger partial charge in [0.25, 0.3) is 0 Å². The average Bonchev–Trinajstić information content (AvgIpc) is 2.63. The summed E-state index contributed by atoms with van der Waals surface area (Å²) in [7, 11) is 1.02. The van der Waals surface area contributed by atoms with Gasteiger partial charge in [-0.05, 0) is 36.8 Å². The fourth-order valence-electron chi connectivity index (χ4n) is 2.28. The molecule has 0 radical (unpaired) electrons. The minimum absolute atomic E-state index is 0.121. The van der Waals surface area contributed by atoms with E-state index >= 15 is 0 Å². The van der Waals surface area contributed by atoms with Crippen LogP contribution in [0.25, 0.3) is 0 Å². The Balaban J connectivity index is 1.94. The van der Waals surface area contributed by atoms with Crippen LogP contribution in [-0.4, -0.2) is 57.9 Å². The number of para-hydroxylation sites is 1. The number of aryl methyl sites for hydroxylation is 1. The Labute approximate surface area is 160 Å². The predicted octanol–water partition coefficient (Wildman–Crippen LogP) is 2.79. The highest BCUT2D eigenvalue weighted by Gasteiger charge is 2.18. The first kappa shape index (κ1) is 20.7. The number of anilines is 1. The van der Waals surface area contributed by atoms with Crippen LogP contribution in [0.15, 0.2) is 53.4 Å². The van der Waals surface area contributed by atoms with Gasteiger partial charge in [-0.25, -0.2) is 17.5 Å². The Hall–Kier alpha value is -2.58. The van der Waals surface area contributed by atoms with Crippen LogP contribution < -0.4 is 10.1 Å². The van der Waals surface area contributed by atoms with Crippen molar-refractivity contribution in [3.05, 3.63) is 54.1 Å². The minimum atomic E-state index is -3.56. The number of sulfonamides is 1. The maximum atomic E-state index is 12.3. The number of hydrogen-bond acceptors (Lipinski definition) is 4. The van der Waals surface area contributed by atoms with Crippen molar-refractivity contribution in [2.45, 2.75) is 11.8 Å². The van der Waals surface area contributed by atoms with Crippen LogP contribution >= 0.6 is 0 Å². The van der Waals surface area contributed by atoms with Crippen molar-refractivity contribution in [2.75, 3.05) is 39.6 Å². The summed E-state index contributed by atoms with van der Waals surface area (Å²) in [6.45, 7) is 2.69. The number of likely N-dealkylation sites (N-methyl/N-ethyl adjacent to an activating group) is 1. The number of nitrogens with zero attached hydrogens (tertiary/aromatic N) is 2. The summed E-state index contributed by atoms with van der Waals surface area (Å²) < 4.78 is 31.2. The lowest BCUT2D eigenvalue weighted by Gasteiger charge is -2.19. The van der Waals surface area contributed by atoms with Crippen LogP contribution in [0.5, 0.6) is 5.75 Å². The SMILES string of the molecule is Cc1ccccc1OCCN(C)C(=O)Nc1cccc(S(=O)(=O)N(C)C)c1. The zero-order valence-corrected chi connectivity index (χ0v) is 16.8. The van der Waals surface area contributed by atoms with E-state index in [-0.39, 0.29) is 10.9 Å². The molecule has 0 saturated carbocycles. The zero-order valence-electron chi connectivity index (χ0n) is 16.0. The number of amides is 2. The smallest absolute Gasteiger partial charge is 0.321 e. The van der Waals surface area contributed by atoms with Gasteiger partial charge >= 0.3 is 6.03 Å². The lowest BCUT2D eigenvalue weighted by Crippen LogP contribution is -2.34. The van der Waals surface area contributed by atoms with Crippen molar-refractivity contribution in [1.29, 1.82) is 0 Å². The number of carbonyl (C=O) groups excluding carboxylic acids is 1. The van der Waals surface area contributed by atoms with Crippen molar-refractivity contribution >= 4 is 21.7 Å². The first-order valence-corrected chi connectivity index (χ1v) is 9.89. The van der Waals surface area contributed by atoms with Crippen LogP contribution in [-0.2, 0) is 10.0 Å². The highest BCUT2D eigenvalue weighted by molar-refractivity contribution is 7.89. The third-order valence-electron chi connectivity index (χ3n) is 3.99. The van der Waals surface area contributed by atoms with E-state index in [2.05, 4.69) is 5.32 Å². The number of ether oxygens (including phenoxy) is 1. The topological polar surface area (TPSA) is 79.0 Å². The summed E-state index contributed by atoms with van der Waals surface area (Å²) in [4.78, 5) is 13.9. The predicted molar refractivity (Wildman–Crippen MR) is 106 cm³/mol. The highest BCUT2D eigenvalue weighted by Crippen LogP contribution is 2.18. The second-order valence-electron chi connectivity index (χ2n) is 6.28. The van der Waals surface area contributed by atoms with Crippen LogP contribution in [0.3, 0.4) is 0 Å². The fourth-order valence-corrected chi connectivity index (χ4v) is 3.22. The van der Waals surface area contributed by atoms with Gasteiger partial charge in [0.15, 0.2) is 0 Å². The maximum absolute atomic E-state index is 12.3. The summed E-state index contributed by atoms with van der Waals surface area (Å²) in [5.41, 5.74) is 1.44. The molecule has 0 saturated heterocycles. The van der Waals surface area contributed by atoms with Crippen molar-refractivity contribution in [2.24, 2.45) is 0 Å². The largest absolute Gasteiger partial charge is 0.491 e. The van der Waals surface area contributed by atoms with E-state index in [9.17, 15) is 13.2 Å². The molecule has 0 aliphatic heterocycles. The Morgan fingerprint density at radius 1 is 1.07 bits per heavy atom. The van der Waals surface area contributed by atoms with Gasteiger partial charge in [0, 0.05) is 26.8 Å². The minimum Gasteiger partial charge on any atom is -0.491 e.